The van der Waals surface area contributed by atoms with Gasteiger partial charge in [0, 0.05) is 12.6 Å². The highest BCUT2D eigenvalue weighted by atomic mass is 16.5. The van der Waals surface area contributed by atoms with Crippen LogP contribution in [0.1, 0.15) is 36.8 Å². The summed E-state index contributed by atoms with van der Waals surface area (Å²) in [4.78, 5) is 0. The van der Waals surface area contributed by atoms with Crippen molar-refractivity contribution in [3.05, 3.63) is 35.4 Å². The molecule has 1 aromatic carbocycles. The lowest BCUT2D eigenvalue weighted by molar-refractivity contribution is 0.0788. The highest BCUT2D eigenvalue weighted by Crippen LogP contribution is 2.50. The molecule has 0 atom stereocenters. The molecule has 2 heteroatoms. The Morgan fingerprint density at radius 3 is 2.33 bits per heavy atom. The van der Waals surface area contributed by atoms with Crippen molar-refractivity contribution in [2.24, 2.45) is 5.73 Å². The number of ether oxygens (including phenoxy) is 1. The summed E-state index contributed by atoms with van der Waals surface area (Å²) in [5.74, 6) is 0. The summed E-state index contributed by atoms with van der Waals surface area (Å²) in [5.41, 5.74) is 8.77. The first-order valence-corrected chi connectivity index (χ1v) is 5.64. The van der Waals surface area contributed by atoms with E-state index in [2.05, 4.69) is 24.3 Å². The molecular formula is C13H17NO. The molecule has 0 heterocycles. The molecule has 15 heavy (non-hydrogen) atoms. The molecule has 0 amide bonds. The number of hydrogen-bond acceptors (Lipinski definition) is 2. The molecule has 2 saturated carbocycles. The van der Waals surface area contributed by atoms with Crippen LogP contribution in [0.4, 0.5) is 0 Å². The minimum absolute atomic E-state index is 0.0151. The molecule has 0 saturated heterocycles. The van der Waals surface area contributed by atoms with Gasteiger partial charge in [-0.05, 0) is 36.8 Å². The van der Waals surface area contributed by atoms with Crippen LogP contribution >= 0.6 is 0 Å². The van der Waals surface area contributed by atoms with Crippen molar-refractivity contribution in [3.8, 4) is 0 Å². The molecule has 0 aromatic heterocycles. The predicted octanol–water partition coefficient (Wildman–Crippen LogP) is 2.27. The lowest BCUT2D eigenvalue weighted by Gasteiger charge is -2.17. The van der Waals surface area contributed by atoms with Crippen molar-refractivity contribution in [1.29, 1.82) is 0 Å². The van der Waals surface area contributed by atoms with Gasteiger partial charge in [0.15, 0.2) is 0 Å². The maximum absolute atomic E-state index is 6.20. The van der Waals surface area contributed by atoms with Crippen LogP contribution in [0, 0.1) is 0 Å². The average molecular weight is 203 g/mol. The Morgan fingerprint density at radius 1 is 1.13 bits per heavy atom. The fraction of sp³-hybridized carbons (Fsp3) is 0.538. The second-order valence-corrected chi connectivity index (χ2v) is 4.94. The van der Waals surface area contributed by atoms with Gasteiger partial charge in [-0.25, -0.2) is 0 Å². The van der Waals surface area contributed by atoms with E-state index in [-0.39, 0.29) is 11.1 Å². The van der Waals surface area contributed by atoms with E-state index < -0.39 is 0 Å². The van der Waals surface area contributed by atoms with Gasteiger partial charge in [0.25, 0.3) is 0 Å². The Balaban J connectivity index is 1.97. The van der Waals surface area contributed by atoms with Crippen LogP contribution in [0.15, 0.2) is 24.3 Å². The number of hydrogen-bond donors (Lipinski definition) is 1. The third kappa shape index (κ3) is 1.40. The highest BCUT2D eigenvalue weighted by molar-refractivity contribution is 5.37. The number of benzene rings is 1. The molecule has 0 aliphatic heterocycles. The first-order valence-electron chi connectivity index (χ1n) is 5.64. The second kappa shape index (κ2) is 2.83. The molecule has 1 aromatic rings. The molecule has 80 valence electrons. The molecule has 3 rings (SSSR count). The molecule has 0 unspecified atom stereocenters. The highest BCUT2D eigenvalue weighted by Gasteiger charge is 2.46. The molecular weight excluding hydrogens is 186 g/mol. The number of nitrogens with two attached hydrogens (primary N) is 1. The van der Waals surface area contributed by atoms with Crippen molar-refractivity contribution in [2.45, 2.75) is 36.8 Å². The van der Waals surface area contributed by atoms with Gasteiger partial charge in [0.1, 0.15) is 0 Å². The van der Waals surface area contributed by atoms with Gasteiger partial charge in [-0.2, -0.15) is 0 Å². The maximum atomic E-state index is 6.20. The van der Waals surface area contributed by atoms with Crippen LogP contribution in [-0.2, 0) is 15.9 Å². The van der Waals surface area contributed by atoms with Crippen LogP contribution in [0.5, 0.6) is 0 Å². The molecule has 0 radical (unpaired) electrons. The molecule has 2 aliphatic carbocycles. The van der Waals surface area contributed by atoms with Gasteiger partial charge < -0.3 is 10.5 Å². The topological polar surface area (TPSA) is 35.2 Å². The van der Waals surface area contributed by atoms with E-state index in [0.717, 1.165) is 25.7 Å². The van der Waals surface area contributed by atoms with Gasteiger partial charge in [0.2, 0.25) is 0 Å². The van der Waals surface area contributed by atoms with Crippen LogP contribution in [0.2, 0.25) is 0 Å². The monoisotopic (exact) mass is 203 g/mol. The van der Waals surface area contributed by atoms with E-state index in [1.165, 1.54) is 11.1 Å². The molecule has 2 N–H and O–H groups in total. The standard InChI is InChI=1S/C13H17NO/c1-15-13(7-8-13)11-4-2-3-10(9-11)12(14)5-6-12/h2-4,9H,5-8,14H2,1H3. The zero-order chi connectivity index (χ0) is 10.5. The summed E-state index contributed by atoms with van der Waals surface area (Å²) in [6.07, 6.45) is 4.53. The Kier molecular flexibility index (Phi) is 1.77. The van der Waals surface area contributed by atoms with E-state index in [1.807, 2.05) is 0 Å². The van der Waals surface area contributed by atoms with Crippen LogP contribution in [-0.4, -0.2) is 7.11 Å². The Hall–Kier alpha value is -0.860. The second-order valence-electron chi connectivity index (χ2n) is 4.94. The summed E-state index contributed by atoms with van der Waals surface area (Å²) in [7, 11) is 1.80. The van der Waals surface area contributed by atoms with Crippen LogP contribution in [0.25, 0.3) is 0 Å². The lowest BCUT2D eigenvalue weighted by Crippen LogP contribution is -2.19. The summed E-state index contributed by atoms with van der Waals surface area (Å²) in [6, 6.07) is 8.65. The van der Waals surface area contributed by atoms with Crippen molar-refractivity contribution in [3.63, 3.8) is 0 Å². The van der Waals surface area contributed by atoms with Gasteiger partial charge in [0.05, 0.1) is 5.60 Å². The van der Waals surface area contributed by atoms with Crippen molar-refractivity contribution in [2.75, 3.05) is 7.11 Å². The third-order valence-electron chi connectivity index (χ3n) is 3.85. The fourth-order valence-electron chi connectivity index (χ4n) is 2.26. The summed E-state index contributed by atoms with van der Waals surface area (Å²) >= 11 is 0. The van der Waals surface area contributed by atoms with E-state index in [0.29, 0.717) is 0 Å². The van der Waals surface area contributed by atoms with Crippen LogP contribution < -0.4 is 5.73 Å². The largest absolute Gasteiger partial charge is 0.374 e. The molecule has 0 spiro atoms. The smallest absolute Gasteiger partial charge is 0.0930 e. The first kappa shape index (κ1) is 9.37. The van der Waals surface area contributed by atoms with E-state index in [1.54, 1.807) is 7.11 Å². The molecule has 2 aliphatic rings. The lowest BCUT2D eigenvalue weighted by atomic mass is 9.99. The Bertz CT molecular complexity index is 391. The minimum atomic E-state index is -0.0279. The summed E-state index contributed by atoms with van der Waals surface area (Å²) in [5, 5.41) is 0. The van der Waals surface area contributed by atoms with Crippen molar-refractivity contribution >= 4 is 0 Å². The minimum Gasteiger partial charge on any atom is -0.374 e. The molecule has 2 nitrogen and oxygen atoms in total. The van der Waals surface area contributed by atoms with Gasteiger partial charge in [-0.3, -0.25) is 0 Å². The Morgan fingerprint density at radius 2 is 1.80 bits per heavy atom. The predicted molar refractivity (Wildman–Crippen MR) is 59.5 cm³/mol. The normalized spacial score (nSPS) is 24.9. The molecule has 2 fully saturated rings. The van der Waals surface area contributed by atoms with Gasteiger partial charge in [-0.1, -0.05) is 24.3 Å². The maximum Gasteiger partial charge on any atom is 0.0930 e. The first-order chi connectivity index (χ1) is 7.19. The Labute approximate surface area is 90.4 Å². The summed E-state index contributed by atoms with van der Waals surface area (Å²) < 4.78 is 5.58. The van der Waals surface area contributed by atoms with Crippen LogP contribution in [0.3, 0.4) is 0 Å². The zero-order valence-corrected chi connectivity index (χ0v) is 9.12. The molecule has 0 bridgehead atoms. The van der Waals surface area contributed by atoms with Gasteiger partial charge >= 0.3 is 0 Å². The number of rotatable bonds is 3. The average Bonchev–Trinajstić information content (AvgIpc) is 3.15. The van der Waals surface area contributed by atoms with Crippen molar-refractivity contribution in [1.82, 2.24) is 0 Å². The third-order valence-corrected chi connectivity index (χ3v) is 3.85. The van der Waals surface area contributed by atoms with E-state index in [4.69, 9.17) is 10.5 Å². The zero-order valence-electron chi connectivity index (χ0n) is 9.12. The summed E-state index contributed by atoms with van der Waals surface area (Å²) in [6.45, 7) is 0. The van der Waals surface area contributed by atoms with Gasteiger partial charge in [-0.15, -0.1) is 0 Å². The van der Waals surface area contributed by atoms with E-state index in [9.17, 15) is 0 Å². The van der Waals surface area contributed by atoms with E-state index >= 15 is 0 Å². The number of methoxy groups -OCH3 is 1. The van der Waals surface area contributed by atoms with Crippen molar-refractivity contribution < 1.29 is 4.74 Å². The fourth-order valence-corrected chi connectivity index (χ4v) is 2.26. The quantitative estimate of drug-likeness (QED) is 0.818. The SMILES string of the molecule is COC1(c2cccc(C3(N)CC3)c2)CC1.